The van der Waals surface area contributed by atoms with Crippen LogP contribution in [0.2, 0.25) is 5.02 Å². The number of anilines is 1. The first-order valence-electron chi connectivity index (χ1n) is 9.46. The first-order chi connectivity index (χ1) is 15.8. The predicted molar refractivity (Wildman–Crippen MR) is 119 cm³/mol. The van der Waals surface area contributed by atoms with Crippen LogP contribution in [0.4, 0.5) is 5.13 Å². The fourth-order valence-corrected chi connectivity index (χ4v) is 5.46. The molecule has 0 bridgehead atoms. The third kappa shape index (κ3) is 4.51. The molecular formula is C19H17ClN6O5S2. The number of thioether (sulfide) groups is 1. The number of fused-ring (bicyclic) bond motifs is 1. The third-order valence-electron chi connectivity index (χ3n) is 4.91. The molecule has 0 saturated carbocycles. The molecule has 2 aliphatic rings. The molecule has 0 aliphatic carbocycles. The van der Waals surface area contributed by atoms with Gasteiger partial charge in [0, 0.05) is 28.8 Å². The van der Waals surface area contributed by atoms with Crippen molar-refractivity contribution >= 4 is 63.3 Å². The number of nitrogens with zero attached hydrogens (tertiary/aromatic N) is 4. The number of nitrogen functional groups attached to an aromatic ring is 1. The van der Waals surface area contributed by atoms with Crippen LogP contribution in [-0.4, -0.2) is 57.7 Å². The normalized spacial score (nSPS) is 20.2. The summed E-state index contributed by atoms with van der Waals surface area (Å²) in [4.78, 5) is 47.4. The number of β-lactam (4-membered cyclic amide) rings is 1. The Bertz CT molecular complexity index is 1180. The fourth-order valence-electron chi connectivity index (χ4n) is 3.46. The number of hydrogen-bond donors (Lipinski definition) is 2. The fraction of sp³-hybridized carbons (Fsp3) is 0.263. The minimum Gasteiger partial charge on any atom is -0.543 e. The molecule has 14 heteroatoms. The average molecular weight is 509 g/mol. The lowest BCUT2D eigenvalue weighted by Crippen LogP contribution is -2.71. The number of halogens is 1. The van der Waals surface area contributed by atoms with Crippen molar-refractivity contribution in [2.75, 3.05) is 18.6 Å². The Morgan fingerprint density at radius 3 is 2.79 bits per heavy atom. The number of amides is 2. The van der Waals surface area contributed by atoms with Crippen molar-refractivity contribution in [1.29, 1.82) is 0 Å². The second-order valence-corrected chi connectivity index (χ2v) is 9.41. The molecule has 11 nitrogen and oxygen atoms in total. The summed E-state index contributed by atoms with van der Waals surface area (Å²) in [6, 6.07) is 2.41. The van der Waals surface area contributed by atoms with Gasteiger partial charge in [-0.3, -0.25) is 14.5 Å². The molecule has 0 unspecified atom stereocenters. The lowest BCUT2D eigenvalue weighted by molar-refractivity contribution is -0.689. The molecule has 2 aromatic heterocycles. The van der Waals surface area contributed by atoms with Crippen molar-refractivity contribution in [3.05, 3.63) is 51.9 Å². The Hall–Kier alpha value is -3.16. The van der Waals surface area contributed by atoms with Crippen molar-refractivity contribution in [3.8, 4) is 0 Å². The molecule has 2 amide bonds. The molecule has 4 rings (SSSR count). The number of hydrogen-bond acceptors (Lipinski definition) is 10. The average Bonchev–Trinajstić information content (AvgIpc) is 3.22. The number of aliphatic carboxylic acids is 1. The summed E-state index contributed by atoms with van der Waals surface area (Å²) >= 11 is 8.36. The van der Waals surface area contributed by atoms with Gasteiger partial charge in [-0.25, -0.2) is 9.55 Å². The highest BCUT2D eigenvalue weighted by Crippen LogP contribution is 2.40. The summed E-state index contributed by atoms with van der Waals surface area (Å²) in [7, 11) is 1.27. The molecule has 2 aromatic rings. The molecule has 1 fully saturated rings. The molecule has 33 heavy (non-hydrogen) atoms. The van der Waals surface area contributed by atoms with Gasteiger partial charge in [-0.2, -0.15) is 0 Å². The first kappa shape index (κ1) is 23.0. The van der Waals surface area contributed by atoms with E-state index in [-0.39, 0.29) is 28.8 Å². The zero-order chi connectivity index (χ0) is 23.7. The van der Waals surface area contributed by atoms with Crippen LogP contribution < -0.4 is 20.7 Å². The maximum atomic E-state index is 12.9. The number of carbonyl (C=O) groups is 3. The van der Waals surface area contributed by atoms with Crippen LogP contribution in [0, 0.1) is 0 Å². The smallest absolute Gasteiger partial charge is 0.276 e. The summed E-state index contributed by atoms with van der Waals surface area (Å²) in [5.41, 5.74) is 6.01. The van der Waals surface area contributed by atoms with Crippen LogP contribution in [0.1, 0.15) is 5.69 Å². The molecule has 0 spiro atoms. The predicted octanol–water partition coefficient (Wildman–Crippen LogP) is -0.879. The van der Waals surface area contributed by atoms with Gasteiger partial charge in [-0.05, 0) is 0 Å². The Kier molecular flexibility index (Phi) is 6.54. The van der Waals surface area contributed by atoms with E-state index in [1.54, 1.807) is 29.1 Å². The van der Waals surface area contributed by atoms with Gasteiger partial charge in [0.2, 0.25) is 0 Å². The van der Waals surface area contributed by atoms with Gasteiger partial charge in [0.25, 0.3) is 11.8 Å². The van der Waals surface area contributed by atoms with E-state index in [2.05, 4.69) is 15.5 Å². The Labute approximate surface area is 200 Å². The molecule has 2 aliphatic heterocycles. The lowest BCUT2D eigenvalue weighted by atomic mass is 10.0. The molecular weight excluding hydrogens is 492 g/mol. The quantitative estimate of drug-likeness (QED) is 0.211. The van der Waals surface area contributed by atoms with Crippen molar-refractivity contribution in [1.82, 2.24) is 15.2 Å². The van der Waals surface area contributed by atoms with Crippen molar-refractivity contribution in [3.63, 3.8) is 0 Å². The Balaban J connectivity index is 1.53. The van der Waals surface area contributed by atoms with E-state index in [0.29, 0.717) is 16.3 Å². The molecule has 4 heterocycles. The molecule has 3 N–H and O–H groups in total. The van der Waals surface area contributed by atoms with Crippen LogP contribution in [0.15, 0.2) is 46.3 Å². The summed E-state index contributed by atoms with van der Waals surface area (Å²) in [5.74, 6) is -2.38. The van der Waals surface area contributed by atoms with E-state index in [9.17, 15) is 19.5 Å². The van der Waals surface area contributed by atoms with Crippen LogP contribution in [-0.2, 0) is 25.8 Å². The highest BCUT2D eigenvalue weighted by molar-refractivity contribution is 8.00. The van der Waals surface area contributed by atoms with E-state index in [1.807, 2.05) is 0 Å². The molecule has 2 atom stereocenters. The number of nitrogens with one attached hydrogen (secondary N) is 1. The largest absolute Gasteiger partial charge is 0.543 e. The zero-order valence-corrected chi connectivity index (χ0v) is 19.4. The summed E-state index contributed by atoms with van der Waals surface area (Å²) in [6.07, 6.45) is 3.42. The van der Waals surface area contributed by atoms with Crippen molar-refractivity contribution < 1.29 is 28.9 Å². The number of oxime groups is 1. The third-order valence-corrected chi connectivity index (χ3v) is 7.18. The number of carboxylic acid groups (broad SMARTS) is 1. The zero-order valence-electron chi connectivity index (χ0n) is 17.1. The number of carbonyl (C=O) groups excluding carboxylic acids is 3. The van der Waals surface area contributed by atoms with Gasteiger partial charge in [-0.1, -0.05) is 16.8 Å². The van der Waals surface area contributed by atoms with Crippen LogP contribution in [0.3, 0.4) is 0 Å². The molecule has 172 valence electrons. The maximum absolute atomic E-state index is 12.9. The summed E-state index contributed by atoms with van der Waals surface area (Å²) in [6.45, 7) is 0.247. The number of thiazole rings is 1. The molecule has 1 saturated heterocycles. The Morgan fingerprint density at radius 2 is 2.18 bits per heavy atom. The van der Waals surface area contributed by atoms with E-state index in [1.165, 1.54) is 24.3 Å². The first-order valence-corrected chi connectivity index (χ1v) is 11.8. The van der Waals surface area contributed by atoms with Gasteiger partial charge >= 0.3 is 0 Å². The second kappa shape index (κ2) is 9.37. The van der Waals surface area contributed by atoms with Crippen molar-refractivity contribution in [2.24, 2.45) is 5.16 Å². The second-order valence-electron chi connectivity index (χ2n) is 6.98. The van der Waals surface area contributed by atoms with Gasteiger partial charge < -0.3 is 25.8 Å². The van der Waals surface area contributed by atoms with Crippen LogP contribution >= 0.6 is 34.7 Å². The van der Waals surface area contributed by atoms with Gasteiger partial charge in [0.05, 0.1) is 16.7 Å². The van der Waals surface area contributed by atoms with E-state index < -0.39 is 29.2 Å². The van der Waals surface area contributed by atoms with Crippen LogP contribution in [0.5, 0.6) is 0 Å². The number of pyridine rings is 1. The topological polar surface area (TPSA) is 154 Å². The summed E-state index contributed by atoms with van der Waals surface area (Å²) in [5, 5.41) is 19.9. The highest BCUT2D eigenvalue weighted by atomic mass is 35.5. The van der Waals surface area contributed by atoms with E-state index in [0.717, 1.165) is 16.2 Å². The maximum Gasteiger partial charge on any atom is 0.276 e. The number of aromatic nitrogens is 2. The van der Waals surface area contributed by atoms with Crippen LogP contribution in [0.25, 0.3) is 0 Å². The monoisotopic (exact) mass is 508 g/mol. The lowest BCUT2D eigenvalue weighted by Gasteiger charge is -2.50. The van der Waals surface area contributed by atoms with Gasteiger partial charge in [0.1, 0.15) is 24.2 Å². The SMILES string of the molecule is CO/N=C(\C(=O)N[C@@H]1C(=O)N2C(C(=O)[O-])=C(C[n+]3ccc(Cl)cc3)CS[C@H]12)c1csc(N)n1. The van der Waals surface area contributed by atoms with Gasteiger partial charge in [0.15, 0.2) is 29.8 Å². The number of nitrogens with two attached hydrogens (primary N) is 1. The van der Waals surface area contributed by atoms with Gasteiger partial charge in [-0.15, -0.1) is 23.1 Å². The van der Waals surface area contributed by atoms with E-state index in [4.69, 9.17) is 22.2 Å². The minimum absolute atomic E-state index is 0.145. The number of rotatable bonds is 7. The summed E-state index contributed by atoms with van der Waals surface area (Å²) < 4.78 is 1.75. The highest BCUT2D eigenvalue weighted by Gasteiger charge is 2.53. The molecule has 0 aromatic carbocycles. The van der Waals surface area contributed by atoms with E-state index >= 15 is 0 Å². The number of carboxylic acids is 1. The molecule has 0 radical (unpaired) electrons. The standard InChI is InChI=1S/C19H17ClN6O5S2/c1-31-24-12(11-8-33-19(21)22-11)15(27)23-13-16(28)26-14(18(29)30)9(7-32-17(13)26)6-25-4-2-10(20)3-5-25/h2-5,8,13,17H,6-7H2,1H3,(H3-,21,22,23,27,29,30)/b24-12-/t13-,17-/m1/s1. The minimum atomic E-state index is -1.46. The van der Waals surface area contributed by atoms with Crippen molar-refractivity contribution in [2.45, 2.75) is 18.0 Å². The Morgan fingerprint density at radius 1 is 1.45 bits per heavy atom.